The molecule has 86 valence electrons. The van der Waals surface area contributed by atoms with Gasteiger partial charge in [0.05, 0.1) is 13.2 Å². The summed E-state index contributed by atoms with van der Waals surface area (Å²) >= 11 is 0. The van der Waals surface area contributed by atoms with E-state index in [-0.39, 0.29) is 11.7 Å². The van der Waals surface area contributed by atoms with E-state index in [0.717, 1.165) is 13.2 Å². The maximum absolute atomic E-state index is 5.70. The summed E-state index contributed by atoms with van der Waals surface area (Å²) in [6.45, 7) is 10.5. The third-order valence-electron chi connectivity index (χ3n) is 4.22. The Kier molecular flexibility index (Phi) is 2.91. The Labute approximate surface area is 92.6 Å². The van der Waals surface area contributed by atoms with Crippen molar-refractivity contribution < 1.29 is 9.47 Å². The lowest BCUT2D eigenvalue weighted by Gasteiger charge is -2.49. The highest BCUT2D eigenvalue weighted by Gasteiger charge is 2.46. The summed E-state index contributed by atoms with van der Waals surface area (Å²) in [4.78, 5) is 0. The van der Waals surface area contributed by atoms with Gasteiger partial charge in [-0.05, 0) is 32.1 Å². The van der Waals surface area contributed by atoms with Gasteiger partial charge in [-0.1, -0.05) is 25.5 Å². The lowest BCUT2D eigenvalue weighted by atomic mass is 9.63. The molecule has 2 heteroatoms. The highest BCUT2D eigenvalue weighted by atomic mass is 16.7. The van der Waals surface area contributed by atoms with Crippen molar-refractivity contribution in [3.63, 3.8) is 0 Å². The van der Waals surface area contributed by atoms with E-state index < -0.39 is 0 Å². The zero-order chi connectivity index (χ0) is 11.1. The molecule has 0 aromatic carbocycles. The second kappa shape index (κ2) is 3.91. The van der Waals surface area contributed by atoms with Crippen LogP contribution in [0.25, 0.3) is 0 Å². The molecule has 0 aromatic rings. The number of hydrogen-bond donors (Lipinski definition) is 0. The number of ether oxygens (including phenoxy) is 2. The summed E-state index contributed by atoms with van der Waals surface area (Å²) in [7, 11) is 0. The Hall–Kier alpha value is -0.340. The molecular formula is C13H22O2. The fourth-order valence-electron chi connectivity index (χ4n) is 2.98. The molecule has 2 aliphatic rings. The first-order chi connectivity index (χ1) is 7.04. The topological polar surface area (TPSA) is 18.5 Å². The Morgan fingerprint density at radius 1 is 1.20 bits per heavy atom. The standard InChI is InChI=1S/C13H22O2/c1-9-5-10(2)13(11(3)6-9)7-14-12(4)15-8-13/h5,10-12H,6-8H2,1-4H3/t10-,11+,12?,13?/m0/s1. The molecule has 1 fully saturated rings. The molecule has 0 bridgehead atoms. The van der Waals surface area contributed by atoms with Crippen LogP contribution in [0.2, 0.25) is 0 Å². The summed E-state index contributed by atoms with van der Waals surface area (Å²) in [5, 5.41) is 0. The fourth-order valence-corrected chi connectivity index (χ4v) is 2.98. The molecule has 2 atom stereocenters. The molecule has 1 aliphatic heterocycles. The van der Waals surface area contributed by atoms with E-state index in [1.165, 1.54) is 12.0 Å². The van der Waals surface area contributed by atoms with Crippen LogP contribution in [0.5, 0.6) is 0 Å². The summed E-state index contributed by atoms with van der Waals surface area (Å²) in [5.41, 5.74) is 1.73. The van der Waals surface area contributed by atoms with Crippen LogP contribution in [0, 0.1) is 17.3 Å². The summed E-state index contributed by atoms with van der Waals surface area (Å²) in [6, 6.07) is 0. The molecule has 0 unspecified atom stereocenters. The van der Waals surface area contributed by atoms with E-state index in [9.17, 15) is 0 Å². The molecule has 0 saturated carbocycles. The summed E-state index contributed by atoms with van der Waals surface area (Å²) < 4.78 is 11.4. The van der Waals surface area contributed by atoms with Gasteiger partial charge in [-0.3, -0.25) is 0 Å². The third kappa shape index (κ3) is 1.85. The first kappa shape index (κ1) is 11.2. The highest BCUT2D eigenvalue weighted by molar-refractivity contribution is 5.13. The Bertz CT molecular complexity index is 262. The van der Waals surface area contributed by atoms with Crippen LogP contribution in [-0.2, 0) is 9.47 Å². The van der Waals surface area contributed by atoms with Gasteiger partial charge in [0, 0.05) is 5.41 Å². The second-order valence-corrected chi connectivity index (χ2v) is 5.33. The predicted octanol–water partition coefficient (Wildman–Crippen LogP) is 2.99. The molecule has 2 nitrogen and oxygen atoms in total. The molecule has 2 rings (SSSR count). The average Bonchev–Trinajstić information content (AvgIpc) is 2.16. The minimum atomic E-state index is -0.0259. The van der Waals surface area contributed by atoms with Crippen LogP contribution < -0.4 is 0 Å². The minimum Gasteiger partial charge on any atom is -0.352 e. The van der Waals surface area contributed by atoms with Gasteiger partial charge in [0.2, 0.25) is 0 Å². The monoisotopic (exact) mass is 210 g/mol. The third-order valence-corrected chi connectivity index (χ3v) is 4.22. The SMILES string of the molecule is CC1=C[C@H](C)C2(COC(C)OC2)[C@H](C)C1. The maximum Gasteiger partial charge on any atom is 0.154 e. The maximum atomic E-state index is 5.70. The molecule has 0 N–H and O–H groups in total. The van der Waals surface area contributed by atoms with E-state index in [1.54, 1.807) is 0 Å². The smallest absolute Gasteiger partial charge is 0.154 e. The molecule has 0 aromatic heterocycles. The lowest BCUT2D eigenvalue weighted by Crippen LogP contribution is -2.50. The quantitative estimate of drug-likeness (QED) is 0.572. The van der Waals surface area contributed by atoms with Crippen molar-refractivity contribution in [1.82, 2.24) is 0 Å². The zero-order valence-electron chi connectivity index (χ0n) is 10.2. The zero-order valence-corrected chi connectivity index (χ0v) is 10.2. The van der Waals surface area contributed by atoms with Crippen molar-refractivity contribution in [1.29, 1.82) is 0 Å². The number of allylic oxidation sites excluding steroid dienone is 2. The van der Waals surface area contributed by atoms with Gasteiger partial charge in [-0.25, -0.2) is 0 Å². The van der Waals surface area contributed by atoms with Crippen LogP contribution >= 0.6 is 0 Å². The van der Waals surface area contributed by atoms with Gasteiger partial charge in [-0.15, -0.1) is 0 Å². The Balaban J connectivity index is 2.19. The fraction of sp³-hybridized carbons (Fsp3) is 0.846. The van der Waals surface area contributed by atoms with E-state index in [1.807, 2.05) is 6.92 Å². The van der Waals surface area contributed by atoms with Crippen LogP contribution in [0.15, 0.2) is 11.6 Å². The molecule has 1 saturated heterocycles. The molecule has 1 spiro atoms. The Morgan fingerprint density at radius 2 is 1.80 bits per heavy atom. The van der Waals surface area contributed by atoms with Gasteiger partial charge in [0.1, 0.15) is 0 Å². The summed E-state index contributed by atoms with van der Waals surface area (Å²) in [5.74, 6) is 1.22. The van der Waals surface area contributed by atoms with E-state index in [2.05, 4.69) is 26.8 Å². The van der Waals surface area contributed by atoms with Crippen molar-refractivity contribution in [3.05, 3.63) is 11.6 Å². The number of rotatable bonds is 0. The van der Waals surface area contributed by atoms with Crippen molar-refractivity contribution in [2.45, 2.75) is 40.4 Å². The van der Waals surface area contributed by atoms with Crippen LogP contribution in [-0.4, -0.2) is 19.5 Å². The second-order valence-electron chi connectivity index (χ2n) is 5.33. The molecule has 0 amide bonds. The van der Waals surface area contributed by atoms with Gasteiger partial charge in [0.25, 0.3) is 0 Å². The Morgan fingerprint density at radius 3 is 2.33 bits per heavy atom. The van der Waals surface area contributed by atoms with Crippen molar-refractivity contribution in [2.75, 3.05) is 13.2 Å². The van der Waals surface area contributed by atoms with Crippen molar-refractivity contribution in [2.24, 2.45) is 17.3 Å². The van der Waals surface area contributed by atoms with Crippen molar-refractivity contribution >= 4 is 0 Å². The van der Waals surface area contributed by atoms with Crippen molar-refractivity contribution in [3.8, 4) is 0 Å². The first-order valence-corrected chi connectivity index (χ1v) is 5.95. The van der Waals surface area contributed by atoms with Gasteiger partial charge in [-0.2, -0.15) is 0 Å². The van der Waals surface area contributed by atoms with Crippen LogP contribution in [0.1, 0.15) is 34.1 Å². The minimum absolute atomic E-state index is 0.0259. The van der Waals surface area contributed by atoms with E-state index in [0.29, 0.717) is 11.8 Å². The van der Waals surface area contributed by atoms with Crippen LogP contribution in [0.3, 0.4) is 0 Å². The van der Waals surface area contributed by atoms with Gasteiger partial charge >= 0.3 is 0 Å². The van der Waals surface area contributed by atoms with E-state index >= 15 is 0 Å². The summed E-state index contributed by atoms with van der Waals surface area (Å²) in [6.07, 6.45) is 3.55. The van der Waals surface area contributed by atoms with Gasteiger partial charge in [0.15, 0.2) is 6.29 Å². The number of hydrogen-bond acceptors (Lipinski definition) is 2. The first-order valence-electron chi connectivity index (χ1n) is 5.95. The van der Waals surface area contributed by atoms with Gasteiger partial charge < -0.3 is 9.47 Å². The lowest BCUT2D eigenvalue weighted by molar-refractivity contribution is -0.242. The van der Waals surface area contributed by atoms with Crippen LogP contribution in [0.4, 0.5) is 0 Å². The highest BCUT2D eigenvalue weighted by Crippen LogP contribution is 2.46. The molecule has 15 heavy (non-hydrogen) atoms. The van der Waals surface area contributed by atoms with E-state index in [4.69, 9.17) is 9.47 Å². The molecular weight excluding hydrogens is 188 g/mol. The molecule has 1 heterocycles. The molecule has 0 radical (unpaired) electrons. The normalized spacial score (nSPS) is 46.7. The predicted molar refractivity (Wildman–Crippen MR) is 60.5 cm³/mol. The largest absolute Gasteiger partial charge is 0.352 e. The molecule has 1 aliphatic carbocycles. The average molecular weight is 210 g/mol.